The maximum Gasteiger partial charge on any atom is 0.293 e. The number of nitro benzene ring substituents is 1. The number of nitrogens with zero attached hydrogens (tertiary/aromatic N) is 3. The van der Waals surface area contributed by atoms with E-state index < -0.39 is 4.92 Å². The highest BCUT2D eigenvalue weighted by atomic mass is 16.6. The molecule has 0 aliphatic heterocycles. The van der Waals surface area contributed by atoms with Gasteiger partial charge >= 0.3 is 0 Å². The molecule has 132 valence electrons. The van der Waals surface area contributed by atoms with Crippen LogP contribution >= 0.6 is 0 Å². The van der Waals surface area contributed by atoms with E-state index in [1.54, 1.807) is 18.3 Å². The van der Waals surface area contributed by atoms with Gasteiger partial charge in [-0.2, -0.15) is 0 Å². The van der Waals surface area contributed by atoms with Crippen molar-refractivity contribution in [3.05, 3.63) is 88.0 Å². The first kappa shape index (κ1) is 17.3. The predicted octanol–water partition coefficient (Wildman–Crippen LogP) is 3.73. The smallest absolute Gasteiger partial charge is 0.293 e. The van der Waals surface area contributed by atoms with E-state index in [1.807, 2.05) is 48.1 Å². The van der Waals surface area contributed by atoms with Crippen molar-refractivity contribution in [2.24, 2.45) is 7.05 Å². The fraction of sp³-hybridized carbons (Fsp3) is 0.158. The molecule has 3 rings (SSSR count). The predicted molar refractivity (Wildman–Crippen MR) is 98.2 cm³/mol. The maximum atomic E-state index is 11.6. The molecule has 7 nitrogen and oxygen atoms in total. The molecule has 1 atom stereocenters. The summed E-state index contributed by atoms with van der Waals surface area (Å²) < 4.78 is 1.86. The summed E-state index contributed by atoms with van der Waals surface area (Å²) in [6.07, 6.45) is 3.50. The number of benzene rings is 2. The van der Waals surface area contributed by atoms with Gasteiger partial charge in [-0.15, -0.1) is 0 Å². The molecule has 3 aromatic rings. The van der Waals surface area contributed by atoms with Gasteiger partial charge in [0.2, 0.25) is 0 Å². The van der Waals surface area contributed by atoms with E-state index >= 15 is 0 Å². The number of nitrogens with one attached hydrogen (secondary N) is 1. The van der Waals surface area contributed by atoms with Gasteiger partial charge in [-0.25, -0.2) is 4.98 Å². The highest BCUT2D eigenvalue weighted by Gasteiger charge is 2.23. The van der Waals surface area contributed by atoms with Crippen molar-refractivity contribution < 1.29 is 9.72 Å². The van der Waals surface area contributed by atoms with Gasteiger partial charge in [-0.3, -0.25) is 14.9 Å². The summed E-state index contributed by atoms with van der Waals surface area (Å²) in [4.78, 5) is 26.9. The number of carbonyl (C=O) groups excluding carboxylic acids is 1. The van der Waals surface area contributed by atoms with Crippen LogP contribution in [-0.2, 0) is 7.05 Å². The Labute approximate surface area is 150 Å². The van der Waals surface area contributed by atoms with Crippen molar-refractivity contribution in [2.45, 2.75) is 13.0 Å². The normalized spacial score (nSPS) is 11.8. The van der Waals surface area contributed by atoms with Gasteiger partial charge in [0, 0.05) is 31.1 Å². The fourth-order valence-electron chi connectivity index (χ4n) is 2.78. The van der Waals surface area contributed by atoms with Crippen molar-refractivity contribution >= 4 is 17.2 Å². The molecule has 0 saturated carbocycles. The van der Waals surface area contributed by atoms with Crippen LogP contribution in [0.4, 0.5) is 11.4 Å². The molecular formula is C19H18N4O3. The maximum absolute atomic E-state index is 11.6. The molecule has 0 radical (unpaired) electrons. The second kappa shape index (κ2) is 7.18. The molecule has 2 aromatic carbocycles. The van der Waals surface area contributed by atoms with E-state index in [0.717, 1.165) is 11.4 Å². The molecule has 0 saturated heterocycles. The lowest BCUT2D eigenvalue weighted by Crippen LogP contribution is -2.17. The van der Waals surface area contributed by atoms with Crippen LogP contribution in [-0.4, -0.2) is 20.3 Å². The number of Topliss-reactive ketones (excluding diaryl/α,β-unsaturated/α-hetero) is 1. The quantitative estimate of drug-likeness (QED) is 0.415. The Morgan fingerprint density at radius 3 is 2.54 bits per heavy atom. The SMILES string of the molecule is CC(=O)c1ccc(N[C@H](c2ccccc2)c2nccn2C)c([N+](=O)[O-])c1. The lowest BCUT2D eigenvalue weighted by Gasteiger charge is -2.20. The van der Waals surface area contributed by atoms with Crippen molar-refractivity contribution in [3.8, 4) is 0 Å². The number of nitro groups is 1. The first-order valence-corrected chi connectivity index (χ1v) is 8.05. The van der Waals surface area contributed by atoms with Gasteiger partial charge in [0.15, 0.2) is 5.78 Å². The van der Waals surface area contributed by atoms with E-state index in [1.165, 1.54) is 13.0 Å². The Bertz CT molecular complexity index is 950. The molecule has 0 fully saturated rings. The first-order valence-electron chi connectivity index (χ1n) is 8.05. The summed E-state index contributed by atoms with van der Waals surface area (Å²) in [5.74, 6) is 0.504. The van der Waals surface area contributed by atoms with Crippen LogP contribution in [0.25, 0.3) is 0 Å². The van der Waals surface area contributed by atoms with Gasteiger partial charge in [0.25, 0.3) is 5.69 Å². The van der Waals surface area contributed by atoms with Gasteiger partial charge < -0.3 is 9.88 Å². The lowest BCUT2D eigenvalue weighted by molar-refractivity contribution is -0.384. The Balaban J connectivity index is 2.07. The molecule has 0 amide bonds. The van der Waals surface area contributed by atoms with Crippen LogP contribution < -0.4 is 5.32 Å². The summed E-state index contributed by atoms with van der Waals surface area (Å²) in [7, 11) is 1.87. The monoisotopic (exact) mass is 350 g/mol. The highest BCUT2D eigenvalue weighted by molar-refractivity contribution is 5.95. The van der Waals surface area contributed by atoms with Gasteiger partial charge in [0.1, 0.15) is 17.6 Å². The zero-order valence-electron chi connectivity index (χ0n) is 14.4. The Morgan fingerprint density at radius 2 is 1.96 bits per heavy atom. The second-order valence-corrected chi connectivity index (χ2v) is 5.93. The average Bonchev–Trinajstić information content (AvgIpc) is 3.06. The number of hydrogen-bond acceptors (Lipinski definition) is 5. The zero-order valence-corrected chi connectivity index (χ0v) is 14.4. The van der Waals surface area contributed by atoms with E-state index in [-0.39, 0.29) is 17.5 Å². The Hall–Kier alpha value is -3.48. The molecule has 0 bridgehead atoms. The molecule has 0 aliphatic rings. The minimum absolute atomic E-state index is 0.146. The van der Waals surface area contributed by atoms with Gasteiger partial charge in [-0.1, -0.05) is 30.3 Å². The summed E-state index contributed by atoms with van der Waals surface area (Å²) >= 11 is 0. The number of rotatable bonds is 6. The number of ketones is 1. The van der Waals surface area contributed by atoms with Crippen LogP contribution in [0.15, 0.2) is 60.9 Å². The topological polar surface area (TPSA) is 90.1 Å². The van der Waals surface area contributed by atoms with Crippen LogP contribution in [0.5, 0.6) is 0 Å². The van der Waals surface area contributed by atoms with E-state index in [9.17, 15) is 14.9 Å². The number of carbonyl (C=O) groups is 1. The molecule has 1 N–H and O–H groups in total. The van der Waals surface area contributed by atoms with Gasteiger partial charge in [0.05, 0.1) is 4.92 Å². The molecule has 7 heteroatoms. The van der Waals surface area contributed by atoms with Crippen LogP contribution in [0.1, 0.15) is 34.7 Å². The number of hydrogen-bond donors (Lipinski definition) is 1. The molecule has 26 heavy (non-hydrogen) atoms. The number of aryl methyl sites for hydroxylation is 1. The highest BCUT2D eigenvalue weighted by Crippen LogP contribution is 2.32. The minimum atomic E-state index is -0.491. The zero-order chi connectivity index (χ0) is 18.7. The molecular weight excluding hydrogens is 332 g/mol. The summed E-state index contributed by atoms with van der Waals surface area (Å²) in [5.41, 5.74) is 1.41. The van der Waals surface area contributed by atoms with Crippen molar-refractivity contribution in [1.82, 2.24) is 9.55 Å². The Morgan fingerprint density at radius 1 is 1.23 bits per heavy atom. The van der Waals surface area contributed by atoms with E-state index in [0.29, 0.717) is 11.3 Å². The third-order valence-electron chi connectivity index (χ3n) is 4.15. The molecule has 0 aliphatic carbocycles. The van der Waals surface area contributed by atoms with Crippen LogP contribution in [0.3, 0.4) is 0 Å². The number of aromatic nitrogens is 2. The molecule has 0 spiro atoms. The van der Waals surface area contributed by atoms with Crippen LogP contribution in [0.2, 0.25) is 0 Å². The fourth-order valence-corrected chi connectivity index (χ4v) is 2.78. The van der Waals surface area contributed by atoms with Gasteiger partial charge in [-0.05, 0) is 24.6 Å². The standard InChI is InChI=1S/C19H18N4O3/c1-13(24)15-8-9-16(17(12-15)23(25)26)21-18(14-6-4-3-5-7-14)19-20-10-11-22(19)2/h3-12,18,21H,1-2H3/t18-/m1/s1. The minimum Gasteiger partial charge on any atom is -0.366 e. The average molecular weight is 350 g/mol. The third kappa shape index (κ3) is 3.46. The molecule has 0 unspecified atom stereocenters. The van der Waals surface area contributed by atoms with Crippen LogP contribution in [0, 0.1) is 10.1 Å². The molecule has 1 aromatic heterocycles. The first-order chi connectivity index (χ1) is 12.5. The summed E-state index contributed by atoms with van der Waals surface area (Å²) in [5, 5.41) is 14.7. The second-order valence-electron chi connectivity index (χ2n) is 5.93. The largest absolute Gasteiger partial charge is 0.366 e. The lowest BCUT2D eigenvalue weighted by atomic mass is 10.0. The summed E-state index contributed by atoms with van der Waals surface area (Å²) in [6, 6.07) is 13.6. The third-order valence-corrected chi connectivity index (χ3v) is 4.15. The van der Waals surface area contributed by atoms with Crippen molar-refractivity contribution in [1.29, 1.82) is 0 Å². The molecule has 1 heterocycles. The van der Waals surface area contributed by atoms with E-state index in [2.05, 4.69) is 10.3 Å². The number of imidazole rings is 1. The van der Waals surface area contributed by atoms with E-state index in [4.69, 9.17) is 0 Å². The number of anilines is 1. The Kier molecular flexibility index (Phi) is 4.79. The summed E-state index contributed by atoms with van der Waals surface area (Å²) in [6.45, 7) is 1.38. The van der Waals surface area contributed by atoms with Crippen molar-refractivity contribution in [2.75, 3.05) is 5.32 Å². The van der Waals surface area contributed by atoms with Crippen molar-refractivity contribution in [3.63, 3.8) is 0 Å².